The third-order valence-electron chi connectivity index (χ3n) is 4.76. The molecule has 2 heterocycles. The van der Waals surface area contributed by atoms with Crippen LogP contribution in [0.2, 0.25) is 0 Å². The summed E-state index contributed by atoms with van der Waals surface area (Å²) in [6.45, 7) is 4.65. The molecule has 0 aliphatic heterocycles. The van der Waals surface area contributed by atoms with Crippen molar-refractivity contribution in [2.24, 2.45) is 12.8 Å². The highest BCUT2D eigenvalue weighted by atomic mass is 35.5. The summed E-state index contributed by atoms with van der Waals surface area (Å²) >= 11 is 0. The van der Waals surface area contributed by atoms with Gasteiger partial charge in [-0.1, -0.05) is 30.3 Å². The first-order valence-corrected chi connectivity index (χ1v) is 9.03. The van der Waals surface area contributed by atoms with E-state index >= 15 is 0 Å². The molecule has 0 aliphatic rings. The van der Waals surface area contributed by atoms with Crippen LogP contribution in [0.25, 0.3) is 0 Å². The summed E-state index contributed by atoms with van der Waals surface area (Å²) in [6.07, 6.45) is 5.88. The second-order valence-electron chi connectivity index (χ2n) is 6.87. The molecule has 3 rings (SSSR count). The van der Waals surface area contributed by atoms with E-state index in [1.807, 2.05) is 49.9 Å². The molecule has 3 aromatic rings. The van der Waals surface area contributed by atoms with Crippen LogP contribution in [0.3, 0.4) is 0 Å². The zero-order chi connectivity index (χ0) is 19.4. The first-order chi connectivity index (χ1) is 12.9. The van der Waals surface area contributed by atoms with Crippen molar-refractivity contribution >= 4 is 30.7 Å². The maximum absolute atomic E-state index is 12.4. The summed E-state index contributed by atoms with van der Waals surface area (Å²) in [4.78, 5) is 16.8. The van der Waals surface area contributed by atoms with Gasteiger partial charge in [0.05, 0.1) is 30.3 Å². The van der Waals surface area contributed by atoms with Crippen LogP contribution in [-0.4, -0.2) is 31.3 Å². The van der Waals surface area contributed by atoms with E-state index in [2.05, 4.69) is 27.5 Å². The van der Waals surface area contributed by atoms with Crippen molar-refractivity contribution < 1.29 is 4.79 Å². The number of hydrogen-bond acceptors (Lipinski definition) is 4. The maximum Gasteiger partial charge on any atom is 0.237 e. The van der Waals surface area contributed by atoms with E-state index in [1.165, 1.54) is 5.56 Å². The summed E-state index contributed by atoms with van der Waals surface area (Å²) in [7, 11) is 1.88. The molecule has 1 unspecified atom stereocenters. The van der Waals surface area contributed by atoms with Crippen LogP contribution in [0.1, 0.15) is 35.5 Å². The van der Waals surface area contributed by atoms with Crippen LogP contribution in [-0.2, 0) is 24.8 Å². The van der Waals surface area contributed by atoms with E-state index in [4.69, 9.17) is 5.73 Å². The Kier molecular flexibility index (Phi) is 9.36. The van der Waals surface area contributed by atoms with Crippen LogP contribution < -0.4 is 11.1 Å². The Bertz CT molecular complexity index is 909. The predicted octanol–water partition coefficient (Wildman–Crippen LogP) is 2.56. The van der Waals surface area contributed by atoms with Gasteiger partial charge in [0.25, 0.3) is 0 Å². The van der Waals surface area contributed by atoms with Gasteiger partial charge in [0.1, 0.15) is 0 Å². The molecule has 29 heavy (non-hydrogen) atoms. The van der Waals surface area contributed by atoms with Gasteiger partial charge < -0.3 is 15.6 Å². The molecule has 158 valence electrons. The van der Waals surface area contributed by atoms with Gasteiger partial charge in [-0.3, -0.25) is 9.48 Å². The minimum absolute atomic E-state index is 0. The maximum atomic E-state index is 12.4. The Morgan fingerprint density at radius 1 is 1.24 bits per heavy atom. The smallest absolute Gasteiger partial charge is 0.237 e. The number of benzene rings is 1. The molecule has 0 saturated carbocycles. The SMILES string of the molecule is Cc1c(C(C)NC(=O)[C@@H](N)Cc2cn(Cc3ccccc3)cn2)cnn1C.Cl.Cl. The fraction of sp³-hybridized carbons (Fsp3) is 0.350. The Hall–Kier alpha value is -2.35. The molecule has 3 N–H and O–H groups in total. The van der Waals surface area contributed by atoms with E-state index in [-0.39, 0.29) is 36.8 Å². The quantitative estimate of drug-likeness (QED) is 0.592. The molecule has 1 amide bonds. The molecule has 0 aliphatic carbocycles. The lowest BCUT2D eigenvalue weighted by Gasteiger charge is -2.17. The second-order valence-corrected chi connectivity index (χ2v) is 6.87. The molecule has 2 aromatic heterocycles. The fourth-order valence-corrected chi connectivity index (χ4v) is 3.05. The zero-order valence-corrected chi connectivity index (χ0v) is 18.4. The summed E-state index contributed by atoms with van der Waals surface area (Å²) < 4.78 is 3.79. The van der Waals surface area contributed by atoms with Crippen molar-refractivity contribution in [1.29, 1.82) is 0 Å². The van der Waals surface area contributed by atoms with Crippen LogP contribution in [0.4, 0.5) is 0 Å². The van der Waals surface area contributed by atoms with Crippen LogP contribution in [0.15, 0.2) is 49.1 Å². The standard InChI is InChI=1S/C20H26N6O.2ClH/c1-14(18-10-23-25(3)15(18)2)24-20(27)19(21)9-17-12-26(13-22-17)11-16-7-5-4-6-8-16;;/h4-8,10,12-14,19H,9,11,21H2,1-3H3,(H,24,27);2*1H/t14?,19-;;/m0../s1. The van der Waals surface area contributed by atoms with Gasteiger partial charge in [0, 0.05) is 37.5 Å². The summed E-state index contributed by atoms with van der Waals surface area (Å²) in [6, 6.07) is 9.37. The second kappa shape index (κ2) is 11.0. The first-order valence-electron chi connectivity index (χ1n) is 9.03. The van der Waals surface area contributed by atoms with Crippen LogP contribution in [0.5, 0.6) is 0 Å². The molecule has 0 radical (unpaired) electrons. The van der Waals surface area contributed by atoms with E-state index in [1.54, 1.807) is 17.2 Å². The molecule has 0 saturated heterocycles. The molecule has 2 atom stereocenters. The minimum Gasteiger partial charge on any atom is -0.348 e. The molecular weight excluding hydrogens is 411 g/mol. The summed E-state index contributed by atoms with van der Waals surface area (Å²) in [5, 5.41) is 7.18. The van der Waals surface area contributed by atoms with Crippen molar-refractivity contribution in [1.82, 2.24) is 24.6 Å². The molecule has 0 bridgehead atoms. The van der Waals surface area contributed by atoms with Gasteiger partial charge in [0.2, 0.25) is 5.91 Å². The number of carbonyl (C=O) groups is 1. The molecule has 9 heteroatoms. The number of hydrogen-bond donors (Lipinski definition) is 2. The monoisotopic (exact) mass is 438 g/mol. The normalized spacial score (nSPS) is 12.4. The topological polar surface area (TPSA) is 90.8 Å². The lowest BCUT2D eigenvalue weighted by molar-refractivity contribution is -0.123. The Labute approximate surface area is 183 Å². The van der Waals surface area contributed by atoms with E-state index < -0.39 is 6.04 Å². The highest BCUT2D eigenvalue weighted by molar-refractivity contribution is 5.85. The molecule has 1 aromatic carbocycles. The lowest BCUT2D eigenvalue weighted by atomic mass is 10.1. The van der Waals surface area contributed by atoms with Crippen molar-refractivity contribution in [3.05, 3.63) is 71.6 Å². The van der Waals surface area contributed by atoms with E-state index in [9.17, 15) is 4.79 Å². The van der Waals surface area contributed by atoms with Gasteiger partial charge >= 0.3 is 0 Å². The molecule has 0 fully saturated rings. The van der Waals surface area contributed by atoms with Crippen molar-refractivity contribution in [2.75, 3.05) is 0 Å². The third kappa shape index (κ3) is 6.32. The van der Waals surface area contributed by atoms with Crippen molar-refractivity contribution in [2.45, 2.75) is 38.9 Å². The van der Waals surface area contributed by atoms with Gasteiger partial charge in [-0.15, -0.1) is 24.8 Å². The number of aryl methyl sites for hydroxylation is 1. The van der Waals surface area contributed by atoms with Gasteiger partial charge in [0.15, 0.2) is 0 Å². The number of nitrogens with zero attached hydrogens (tertiary/aromatic N) is 4. The number of halogens is 2. The van der Waals surface area contributed by atoms with Crippen molar-refractivity contribution in [3.63, 3.8) is 0 Å². The number of nitrogens with two attached hydrogens (primary N) is 1. The van der Waals surface area contributed by atoms with E-state index in [0.717, 1.165) is 23.5 Å². The number of rotatable bonds is 7. The van der Waals surface area contributed by atoms with E-state index in [0.29, 0.717) is 6.42 Å². The average molecular weight is 439 g/mol. The summed E-state index contributed by atoms with van der Waals surface area (Å²) in [5.74, 6) is -0.191. The molecule has 0 spiro atoms. The van der Waals surface area contributed by atoms with Crippen LogP contribution >= 0.6 is 24.8 Å². The largest absolute Gasteiger partial charge is 0.348 e. The highest BCUT2D eigenvalue weighted by Crippen LogP contribution is 2.16. The third-order valence-corrected chi connectivity index (χ3v) is 4.76. The Morgan fingerprint density at radius 3 is 2.55 bits per heavy atom. The van der Waals surface area contributed by atoms with Gasteiger partial charge in [-0.2, -0.15) is 5.10 Å². The molecule has 7 nitrogen and oxygen atoms in total. The lowest BCUT2D eigenvalue weighted by Crippen LogP contribution is -2.43. The fourth-order valence-electron chi connectivity index (χ4n) is 3.05. The zero-order valence-electron chi connectivity index (χ0n) is 16.8. The number of nitrogens with one attached hydrogen (secondary N) is 1. The number of aromatic nitrogens is 4. The predicted molar refractivity (Wildman–Crippen MR) is 118 cm³/mol. The van der Waals surface area contributed by atoms with Crippen molar-refractivity contribution in [3.8, 4) is 0 Å². The molecular formula is C20H28Cl2N6O. The first kappa shape index (κ1) is 24.7. The van der Waals surface area contributed by atoms with Gasteiger partial charge in [-0.05, 0) is 19.4 Å². The van der Waals surface area contributed by atoms with Crippen LogP contribution in [0, 0.1) is 6.92 Å². The number of amides is 1. The highest BCUT2D eigenvalue weighted by Gasteiger charge is 2.20. The summed E-state index contributed by atoms with van der Waals surface area (Å²) in [5.41, 5.74) is 10.1. The number of carbonyl (C=O) groups excluding carboxylic acids is 1. The Morgan fingerprint density at radius 2 is 1.93 bits per heavy atom. The number of imidazole rings is 1. The Balaban J connectivity index is 0.00000210. The minimum atomic E-state index is -0.649. The average Bonchev–Trinajstić information content (AvgIpc) is 3.22. The van der Waals surface area contributed by atoms with Gasteiger partial charge in [-0.25, -0.2) is 4.98 Å².